The van der Waals surface area contributed by atoms with Crippen molar-refractivity contribution in [1.82, 2.24) is 4.98 Å². The molecule has 1 heterocycles. The van der Waals surface area contributed by atoms with E-state index in [-0.39, 0.29) is 11.3 Å². The van der Waals surface area contributed by atoms with Gasteiger partial charge in [0, 0.05) is 17.0 Å². The van der Waals surface area contributed by atoms with Gasteiger partial charge >= 0.3 is 5.97 Å². The molecule has 0 fully saturated rings. The number of H-pyrrole nitrogens is 1. The summed E-state index contributed by atoms with van der Waals surface area (Å²) >= 11 is 0. The fourth-order valence-corrected chi connectivity index (χ4v) is 1.77. The number of carboxylic acid groups (broad SMARTS) is 1. The fraction of sp³-hybridized carbons (Fsp3) is 0. The third-order valence-electron chi connectivity index (χ3n) is 2.65. The number of pyridine rings is 1. The average Bonchev–Trinajstić information content (AvgIpc) is 2.42. The van der Waals surface area contributed by atoms with Gasteiger partial charge in [-0.25, -0.2) is 4.85 Å². The van der Waals surface area contributed by atoms with Crippen molar-refractivity contribution >= 4 is 22.9 Å². The van der Waals surface area contributed by atoms with E-state index >= 15 is 0 Å². The smallest absolute Gasteiger partial charge is 0.333 e. The molecule has 2 rings (SSSR count). The van der Waals surface area contributed by atoms with E-state index in [0.29, 0.717) is 11.1 Å². The predicted octanol–water partition coefficient (Wildman–Crippen LogP) is 2.43. The Kier molecular flexibility index (Phi) is 3.77. The van der Waals surface area contributed by atoms with E-state index in [2.05, 4.69) is 9.83 Å². The van der Waals surface area contributed by atoms with Crippen molar-refractivity contribution in [3.63, 3.8) is 0 Å². The second kappa shape index (κ2) is 5.67. The monoisotopic (exact) mass is 266 g/mol. The molecule has 0 aliphatic carbocycles. The average molecular weight is 266 g/mol. The molecule has 1 aromatic carbocycles. The Labute approximate surface area is 114 Å². The topological polar surface area (TPSA) is 74.5 Å². The minimum absolute atomic E-state index is 0.240. The van der Waals surface area contributed by atoms with Crippen molar-refractivity contribution in [2.75, 3.05) is 0 Å². The number of rotatable bonds is 3. The molecular weight excluding hydrogens is 256 g/mol. The maximum Gasteiger partial charge on any atom is 0.333 e. The zero-order valence-corrected chi connectivity index (χ0v) is 10.3. The number of allylic oxidation sites excluding steroid dienone is 2. The molecule has 0 unspecified atom stereocenters. The van der Waals surface area contributed by atoms with Gasteiger partial charge in [-0.1, -0.05) is 30.4 Å². The molecule has 1 aromatic heterocycles. The van der Waals surface area contributed by atoms with Crippen molar-refractivity contribution in [1.29, 1.82) is 0 Å². The third kappa shape index (κ3) is 2.82. The van der Waals surface area contributed by atoms with Gasteiger partial charge in [0.05, 0.1) is 6.57 Å². The van der Waals surface area contributed by atoms with E-state index in [0.717, 1.165) is 5.39 Å². The first-order valence-corrected chi connectivity index (χ1v) is 5.73. The van der Waals surface area contributed by atoms with Gasteiger partial charge < -0.3 is 10.1 Å². The standard InChI is InChI=1S/C15H10N2O3/c1-16-13(15(19)20)8-4-5-10-9-14(18)17-12-7-3-2-6-11(10)12/h2-9H,(H,17,18)(H,19,20). The van der Waals surface area contributed by atoms with Crippen molar-refractivity contribution in [2.24, 2.45) is 0 Å². The Morgan fingerprint density at radius 2 is 2.10 bits per heavy atom. The molecule has 5 heteroatoms. The van der Waals surface area contributed by atoms with Crippen LogP contribution < -0.4 is 5.56 Å². The first-order chi connectivity index (χ1) is 9.61. The lowest BCUT2D eigenvalue weighted by Gasteiger charge is -2.00. The summed E-state index contributed by atoms with van der Waals surface area (Å²) in [6, 6.07) is 8.71. The van der Waals surface area contributed by atoms with Crippen molar-refractivity contribution in [2.45, 2.75) is 0 Å². The number of para-hydroxylation sites is 1. The van der Waals surface area contributed by atoms with Crippen molar-refractivity contribution < 1.29 is 9.90 Å². The van der Waals surface area contributed by atoms with Crippen LogP contribution in [0.1, 0.15) is 5.56 Å². The molecule has 0 aliphatic rings. The van der Waals surface area contributed by atoms with Crippen molar-refractivity contribution in [3.05, 3.63) is 75.5 Å². The highest BCUT2D eigenvalue weighted by atomic mass is 16.4. The zero-order valence-electron chi connectivity index (χ0n) is 10.3. The summed E-state index contributed by atoms with van der Waals surface area (Å²) in [5.74, 6) is -1.28. The highest BCUT2D eigenvalue weighted by molar-refractivity contribution is 5.90. The SMILES string of the molecule is [C-]#[N+]C(=CC=Cc1cc(=O)[nH]c2ccccc12)C(=O)O. The summed E-state index contributed by atoms with van der Waals surface area (Å²) in [5.41, 5.74) is 0.744. The summed E-state index contributed by atoms with van der Waals surface area (Å²) in [5, 5.41) is 9.56. The van der Waals surface area contributed by atoms with E-state index in [4.69, 9.17) is 11.7 Å². The van der Waals surface area contributed by atoms with Crippen LogP contribution in [0.15, 0.2) is 53.0 Å². The summed E-state index contributed by atoms with van der Waals surface area (Å²) in [4.78, 5) is 27.8. The molecular formula is C15H10N2O3. The summed E-state index contributed by atoms with van der Waals surface area (Å²) in [6.07, 6.45) is 4.25. The Morgan fingerprint density at radius 3 is 2.80 bits per heavy atom. The van der Waals surface area contributed by atoms with Crippen LogP contribution in [0.2, 0.25) is 0 Å². The largest absolute Gasteiger partial charge is 0.486 e. The van der Waals surface area contributed by atoms with Gasteiger partial charge in [0.2, 0.25) is 5.56 Å². The van der Waals surface area contributed by atoms with Gasteiger partial charge in [0.25, 0.3) is 5.70 Å². The van der Waals surface area contributed by atoms with Crippen LogP contribution in [0.5, 0.6) is 0 Å². The maximum absolute atomic E-state index is 11.5. The normalized spacial score (nSPS) is 11.7. The molecule has 0 amide bonds. The summed E-state index contributed by atoms with van der Waals surface area (Å²) in [7, 11) is 0. The molecule has 0 spiro atoms. The number of nitrogens with zero attached hydrogens (tertiary/aromatic N) is 1. The van der Waals surface area contributed by atoms with E-state index < -0.39 is 5.97 Å². The van der Waals surface area contributed by atoms with E-state index in [1.54, 1.807) is 12.1 Å². The number of benzene rings is 1. The molecule has 0 saturated heterocycles. The van der Waals surface area contributed by atoms with Gasteiger partial charge in [-0.05, 0) is 17.7 Å². The Bertz CT molecular complexity index is 823. The number of aliphatic carboxylic acids is 1. The molecule has 2 N–H and O–H groups in total. The molecule has 98 valence electrons. The molecule has 5 nitrogen and oxygen atoms in total. The lowest BCUT2D eigenvalue weighted by molar-refractivity contribution is -0.132. The fourth-order valence-electron chi connectivity index (χ4n) is 1.77. The van der Waals surface area contributed by atoms with Crippen LogP contribution in [-0.2, 0) is 4.79 Å². The number of aromatic nitrogens is 1. The number of nitrogens with one attached hydrogen (secondary N) is 1. The Balaban J connectivity index is 2.47. The lowest BCUT2D eigenvalue weighted by atomic mass is 10.1. The first-order valence-electron chi connectivity index (χ1n) is 5.73. The van der Waals surface area contributed by atoms with Crippen LogP contribution in [0.25, 0.3) is 21.8 Å². The van der Waals surface area contributed by atoms with Gasteiger partial charge in [-0.3, -0.25) is 9.59 Å². The lowest BCUT2D eigenvalue weighted by Crippen LogP contribution is -2.04. The molecule has 0 atom stereocenters. The highest BCUT2D eigenvalue weighted by Crippen LogP contribution is 2.15. The van der Waals surface area contributed by atoms with Crippen molar-refractivity contribution in [3.8, 4) is 0 Å². The number of hydrogen-bond acceptors (Lipinski definition) is 2. The zero-order chi connectivity index (χ0) is 14.5. The van der Waals surface area contributed by atoms with Crippen LogP contribution >= 0.6 is 0 Å². The van der Waals surface area contributed by atoms with E-state index in [1.807, 2.05) is 18.2 Å². The Morgan fingerprint density at radius 1 is 1.35 bits per heavy atom. The number of hydrogen-bond donors (Lipinski definition) is 2. The molecule has 0 aliphatic heterocycles. The minimum Gasteiger partial charge on any atom is -0.486 e. The van der Waals surface area contributed by atoms with Crippen LogP contribution in [0.3, 0.4) is 0 Å². The molecule has 0 radical (unpaired) electrons. The quantitative estimate of drug-likeness (QED) is 0.509. The van der Waals surface area contributed by atoms with Gasteiger partial charge in [0.1, 0.15) is 0 Å². The number of fused-ring (bicyclic) bond motifs is 1. The highest BCUT2D eigenvalue weighted by Gasteiger charge is 2.04. The number of aromatic amines is 1. The number of carbonyl (C=O) groups is 1. The predicted molar refractivity (Wildman–Crippen MR) is 75.9 cm³/mol. The first kappa shape index (κ1) is 13.3. The van der Waals surface area contributed by atoms with Crippen LogP contribution in [0, 0.1) is 6.57 Å². The van der Waals surface area contributed by atoms with Crippen LogP contribution in [0.4, 0.5) is 0 Å². The molecule has 0 bridgehead atoms. The van der Waals surface area contributed by atoms with Gasteiger partial charge in [-0.15, -0.1) is 0 Å². The van der Waals surface area contributed by atoms with Gasteiger partial charge in [-0.2, -0.15) is 0 Å². The van der Waals surface area contributed by atoms with E-state index in [9.17, 15) is 9.59 Å². The summed E-state index contributed by atoms with van der Waals surface area (Å²) < 4.78 is 0. The maximum atomic E-state index is 11.5. The second-order valence-electron chi connectivity index (χ2n) is 3.96. The van der Waals surface area contributed by atoms with Crippen LogP contribution in [-0.4, -0.2) is 16.1 Å². The van der Waals surface area contributed by atoms with Gasteiger partial charge in [0.15, 0.2) is 0 Å². The summed E-state index contributed by atoms with van der Waals surface area (Å²) in [6.45, 7) is 6.73. The second-order valence-corrected chi connectivity index (χ2v) is 3.96. The number of carboxylic acids is 1. The minimum atomic E-state index is -1.28. The molecule has 20 heavy (non-hydrogen) atoms. The molecule has 2 aromatic rings. The van der Waals surface area contributed by atoms with E-state index in [1.165, 1.54) is 18.2 Å². The molecule has 0 saturated carbocycles. The third-order valence-corrected chi connectivity index (χ3v) is 2.65. The Hall–Kier alpha value is -3.13.